The zero-order valence-electron chi connectivity index (χ0n) is 12.8. The van der Waals surface area contributed by atoms with Crippen molar-refractivity contribution in [1.82, 2.24) is 14.9 Å². The van der Waals surface area contributed by atoms with Crippen LogP contribution >= 0.6 is 0 Å². The van der Waals surface area contributed by atoms with Gasteiger partial charge in [0.25, 0.3) is 0 Å². The van der Waals surface area contributed by atoms with E-state index in [0.717, 1.165) is 24.5 Å². The van der Waals surface area contributed by atoms with Crippen molar-refractivity contribution >= 4 is 11.0 Å². The fourth-order valence-electron chi connectivity index (χ4n) is 2.88. The van der Waals surface area contributed by atoms with Crippen LogP contribution in [0.5, 0.6) is 0 Å². The van der Waals surface area contributed by atoms with Crippen molar-refractivity contribution in [2.45, 2.75) is 58.7 Å². The quantitative estimate of drug-likeness (QED) is 0.873. The molecule has 1 heterocycles. The Labute approximate surface area is 121 Å². The lowest BCUT2D eigenvalue weighted by atomic mass is 9.99. The van der Waals surface area contributed by atoms with Crippen LogP contribution in [-0.4, -0.2) is 21.6 Å². The van der Waals surface area contributed by atoms with Crippen molar-refractivity contribution in [3.8, 4) is 0 Å². The topological polar surface area (TPSA) is 29.9 Å². The molecule has 2 unspecified atom stereocenters. The monoisotopic (exact) mass is 271 g/mol. The lowest BCUT2D eigenvalue weighted by molar-refractivity contribution is 0.386. The molecule has 0 amide bonds. The van der Waals surface area contributed by atoms with Gasteiger partial charge in [-0.2, -0.15) is 0 Å². The highest BCUT2D eigenvalue weighted by Gasteiger charge is 2.25. The molecule has 108 valence electrons. The van der Waals surface area contributed by atoms with Gasteiger partial charge in [0.15, 0.2) is 0 Å². The minimum Gasteiger partial charge on any atom is -0.328 e. The lowest BCUT2D eigenvalue weighted by Gasteiger charge is -2.21. The number of aryl methyl sites for hydroxylation is 1. The second-order valence-electron chi connectivity index (χ2n) is 6.17. The number of rotatable bonds is 6. The predicted octanol–water partition coefficient (Wildman–Crippen LogP) is 3.38. The molecule has 1 aliphatic rings. The second kappa shape index (κ2) is 5.57. The Morgan fingerprint density at radius 3 is 2.75 bits per heavy atom. The molecule has 1 fully saturated rings. The molecular weight excluding hydrogens is 246 g/mol. The van der Waals surface area contributed by atoms with Gasteiger partial charge in [-0.1, -0.05) is 19.1 Å². The molecule has 1 aromatic heterocycles. The molecule has 3 heteroatoms. The third-order valence-corrected chi connectivity index (χ3v) is 4.48. The first-order valence-corrected chi connectivity index (χ1v) is 7.89. The minimum atomic E-state index is 0.563. The summed E-state index contributed by atoms with van der Waals surface area (Å²) in [5.41, 5.74) is 2.39. The summed E-state index contributed by atoms with van der Waals surface area (Å²) in [6, 6.07) is 9.79. The molecule has 20 heavy (non-hydrogen) atoms. The zero-order valence-corrected chi connectivity index (χ0v) is 12.8. The fourth-order valence-corrected chi connectivity index (χ4v) is 2.88. The minimum absolute atomic E-state index is 0.563. The Kier molecular flexibility index (Phi) is 3.79. The van der Waals surface area contributed by atoms with E-state index in [0.29, 0.717) is 12.0 Å². The number of benzene rings is 1. The standard InChI is InChI=1S/C17H25N3/c1-4-20-16-8-6-5-7-15(16)19-17(20)11-12(2)13(3)18-14-9-10-14/h5-8,12-14,18H,4,9-11H2,1-3H3. The summed E-state index contributed by atoms with van der Waals surface area (Å²) < 4.78 is 2.36. The molecule has 1 N–H and O–H groups in total. The Morgan fingerprint density at radius 1 is 1.30 bits per heavy atom. The van der Waals surface area contributed by atoms with Gasteiger partial charge < -0.3 is 9.88 Å². The third kappa shape index (κ3) is 2.73. The Morgan fingerprint density at radius 2 is 2.05 bits per heavy atom. The SMILES string of the molecule is CCn1c(CC(C)C(C)NC2CC2)nc2ccccc21. The van der Waals surface area contributed by atoms with Crippen LogP contribution < -0.4 is 5.32 Å². The average molecular weight is 271 g/mol. The number of para-hydroxylation sites is 2. The summed E-state index contributed by atoms with van der Waals surface area (Å²) in [5, 5.41) is 3.71. The first-order chi connectivity index (χ1) is 9.69. The smallest absolute Gasteiger partial charge is 0.110 e. The van der Waals surface area contributed by atoms with E-state index in [-0.39, 0.29) is 0 Å². The average Bonchev–Trinajstić information content (AvgIpc) is 3.18. The molecule has 0 aliphatic heterocycles. The van der Waals surface area contributed by atoms with E-state index in [4.69, 9.17) is 4.98 Å². The molecule has 3 nitrogen and oxygen atoms in total. The van der Waals surface area contributed by atoms with E-state index < -0.39 is 0 Å². The number of hydrogen-bond donors (Lipinski definition) is 1. The van der Waals surface area contributed by atoms with E-state index in [1.54, 1.807) is 0 Å². The first kappa shape index (κ1) is 13.6. The summed E-state index contributed by atoms with van der Waals surface area (Å²) in [6.45, 7) is 7.84. The van der Waals surface area contributed by atoms with Crippen LogP contribution in [0.3, 0.4) is 0 Å². The Hall–Kier alpha value is -1.35. The summed E-state index contributed by atoms with van der Waals surface area (Å²) in [7, 11) is 0. The van der Waals surface area contributed by atoms with Gasteiger partial charge >= 0.3 is 0 Å². The van der Waals surface area contributed by atoms with Gasteiger partial charge in [0.2, 0.25) is 0 Å². The highest BCUT2D eigenvalue weighted by molar-refractivity contribution is 5.75. The van der Waals surface area contributed by atoms with Gasteiger partial charge in [-0.3, -0.25) is 0 Å². The van der Waals surface area contributed by atoms with Crippen LogP contribution in [0.2, 0.25) is 0 Å². The summed E-state index contributed by atoms with van der Waals surface area (Å²) in [5.74, 6) is 1.84. The number of aromatic nitrogens is 2. The van der Waals surface area contributed by atoms with Crippen molar-refractivity contribution in [3.05, 3.63) is 30.1 Å². The largest absolute Gasteiger partial charge is 0.328 e. The van der Waals surface area contributed by atoms with Gasteiger partial charge in [0.1, 0.15) is 5.82 Å². The van der Waals surface area contributed by atoms with E-state index in [1.165, 1.54) is 24.2 Å². The third-order valence-electron chi connectivity index (χ3n) is 4.48. The fraction of sp³-hybridized carbons (Fsp3) is 0.588. The Bertz CT molecular complexity index is 583. The number of fused-ring (bicyclic) bond motifs is 1. The van der Waals surface area contributed by atoms with Gasteiger partial charge in [-0.15, -0.1) is 0 Å². The molecular formula is C17H25N3. The molecule has 1 aromatic carbocycles. The number of nitrogens with one attached hydrogen (secondary N) is 1. The van der Waals surface area contributed by atoms with Crippen LogP contribution in [0.15, 0.2) is 24.3 Å². The number of imidazole rings is 1. The van der Waals surface area contributed by atoms with E-state index in [9.17, 15) is 0 Å². The van der Waals surface area contributed by atoms with Crippen LogP contribution in [-0.2, 0) is 13.0 Å². The molecule has 0 bridgehead atoms. The lowest BCUT2D eigenvalue weighted by Crippen LogP contribution is -2.35. The molecule has 1 aliphatic carbocycles. The van der Waals surface area contributed by atoms with Gasteiger partial charge in [0, 0.05) is 25.0 Å². The molecule has 0 radical (unpaired) electrons. The zero-order chi connectivity index (χ0) is 14.1. The van der Waals surface area contributed by atoms with E-state index in [2.05, 4.69) is 54.9 Å². The molecule has 1 saturated carbocycles. The molecule has 2 atom stereocenters. The van der Waals surface area contributed by atoms with E-state index >= 15 is 0 Å². The van der Waals surface area contributed by atoms with Crippen molar-refractivity contribution in [2.75, 3.05) is 0 Å². The molecule has 2 aromatic rings. The number of nitrogens with zero attached hydrogens (tertiary/aromatic N) is 2. The maximum Gasteiger partial charge on any atom is 0.110 e. The van der Waals surface area contributed by atoms with Crippen molar-refractivity contribution < 1.29 is 0 Å². The molecule has 0 saturated heterocycles. The van der Waals surface area contributed by atoms with Crippen LogP contribution in [0, 0.1) is 5.92 Å². The number of hydrogen-bond acceptors (Lipinski definition) is 2. The summed E-state index contributed by atoms with van der Waals surface area (Å²) in [6.07, 6.45) is 3.75. The van der Waals surface area contributed by atoms with Crippen LogP contribution in [0.4, 0.5) is 0 Å². The highest BCUT2D eigenvalue weighted by atomic mass is 15.1. The van der Waals surface area contributed by atoms with Crippen molar-refractivity contribution in [2.24, 2.45) is 5.92 Å². The van der Waals surface area contributed by atoms with Crippen LogP contribution in [0.1, 0.15) is 39.4 Å². The van der Waals surface area contributed by atoms with Gasteiger partial charge in [-0.05, 0) is 44.7 Å². The first-order valence-electron chi connectivity index (χ1n) is 7.89. The normalized spacial score (nSPS) is 18.4. The van der Waals surface area contributed by atoms with Gasteiger partial charge in [-0.25, -0.2) is 4.98 Å². The van der Waals surface area contributed by atoms with E-state index in [1.807, 2.05) is 0 Å². The molecule has 0 spiro atoms. The summed E-state index contributed by atoms with van der Waals surface area (Å²) >= 11 is 0. The highest BCUT2D eigenvalue weighted by Crippen LogP contribution is 2.23. The predicted molar refractivity (Wildman–Crippen MR) is 83.9 cm³/mol. The van der Waals surface area contributed by atoms with Crippen molar-refractivity contribution in [3.63, 3.8) is 0 Å². The van der Waals surface area contributed by atoms with Crippen molar-refractivity contribution in [1.29, 1.82) is 0 Å². The summed E-state index contributed by atoms with van der Waals surface area (Å²) in [4.78, 5) is 4.84. The maximum absolute atomic E-state index is 4.84. The van der Waals surface area contributed by atoms with Gasteiger partial charge in [0.05, 0.1) is 11.0 Å². The van der Waals surface area contributed by atoms with Crippen LogP contribution in [0.25, 0.3) is 11.0 Å². The second-order valence-corrected chi connectivity index (χ2v) is 6.17. The Balaban J connectivity index is 1.78. The maximum atomic E-state index is 4.84. The molecule has 3 rings (SSSR count).